The van der Waals surface area contributed by atoms with Crippen LogP contribution in [0.5, 0.6) is 0 Å². The van der Waals surface area contributed by atoms with Crippen LogP contribution in [0.3, 0.4) is 0 Å². The molecule has 20 heavy (non-hydrogen) atoms. The quantitative estimate of drug-likeness (QED) is 0.917. The molecule has 1 N–H and O–H groups in total. The monoisotopic (exact) mass is 278 g/mol. The summed E-state index contributed by atoms with van der Waals surface area (Å²) in [6.45, 7) is 9.45. The van der Waals surface area contributed by atoms with Crippen molar-refractivity contribution in [2.45, 2.75) is 44.7 Å². The number of rotatable bonds is 4. The molecule has 4 nitrogen and oxygen atoms in total. The first-order valence-electron chi connectivity index (χ1n) is 7.79. The van der Waals surface area contributed by atoms with Gasteiger partial charge in [0.2, 0.25) is 0 Å². The van der Waals surface area contributed by atoms with Crippen molar-refractivity contribution in [3.05, 3.63) is 23.7 Å². The molecule has 1 unspecified atom stereocenters. The standard InChI is InChI=1S/C16H26N2O2/c1-16(2,18-7-10-19-11-8-18)12-17-14-4-3-5-15-13(14)6-9-20-15/h6,9,14,17H,3-5,7-8,10-12H2,1-2H3. The molecule has 112 valence electrons. The minimum Gasteiger partial charge on any atom is -0.469 e. The number of nitrogens with zero attached hydrogens (tertiary/aromatic N) is 1. The molecule has 0 saturated carbocycles. The van der Waals surface area contributed by atoms with E-state index >= 15 is 0 Å². The Balaban J connectivity index is 1.59. The van der Waals surface area contributed by atoms with E-state index in [4.69, 9.17) is 9.15 Å². The molecule has 1 aromatic heterocycles. The number of ether oxygens (including phenoxy) is 1. The molecule has 1 aliphatic heterocycles. The number of fused-ring (bicyclic) bond motifs is 1. The number of morpholine rings is 1. The highest BCUT2D eigenvalue weighted by Crippen LogP contribution is 2.31. The average molecular weight is 278 g/mol. The van der Waals surface area contributed by atoms with Crippen molar-refractivity contribution >= 4 is 0 Å². The smallest absolute Gasteiger partial charge is 0.108 e. The van der Waals surface area contributed by atoms with Gasteiger partial charge >= 0.3 is 0 Å². The van der Waals surface area contributed by atoms with Crippen molar-refractivity contribution in [2.75, 3.05) is 32.8 Å². The molecule has 1 saturated heterocycles. The number of nitrogens with one attached hydrogen (secondary N) is 1. The van der Waals surface area contributed by atoms with Crippen molar-refractivity contribution in [3.8, 4) is 0 Å². The Morgan fingerprint density at radius 1 is 1.35 bits per heavy atom. The SMILES string of the molecule is CC(C)(CNC1CCCc2occc21)N1CCOCC1. The van der Waals surface area contributed by atoms with Crippen molar-refractivity contribution < 1.29 is 9.15 Å². The highest BCUT2D eigenvalue weighted by molar-refractivity contribution is 5.24. The summed E-state index contributed by atoms with van der Waals surface area (Å²) in [7, 11) is 0. The van der Waals surface area contributed by atoms with Gasteiger partial charge in [-0.25, -0.2) is 0 Å². The summed E-state index contributed by atoms with van der Waals surface area (Å²) in [4.78, 5) is 2.53. The van der Waals surface area contributed by atoms with Gasteiger partial charge in [0, 0.05) is 43.2 Å². The Labute approximate surface area is 121 Å². The van der Waals surface area contributed by atoms with Crippen molar-refractivity contribution in [3.63, 3.8) is 0 Å². The van der Waals surface area contributed by atoms with E-state index in [0.29, 0.717) is 6.04 Å². The Kier molecular flexibility index (Phi) is 4.15. The van der Waals surface area contributed by atoms with Gasteiger partial charge in [-0.1, -0.05) is 0 Å². The second-order valence-electron chi connectivity index (χ2n) is 6.54. The minimum absolute atomic E-state index is 0.172. The molecule has 2 aliphatic rings. The number of hydrogen-bond acceptors (Lipinski definition) is 4. The molecule has 0 aromatic carbocycles. The molecule has 4 heteroatoms. The lowest BCUT2D eigenvalue weighted by Gasteiger charge is -2.42. The lowest BCUT2D eigenvalue weighted by molar-refractivity contribution is -0.0105. The summed E-state index contributed by atoms with van der Waals surface area (Å²) >= 11 is 0. The summed E-state index contributed by atoms with van der Waals surface area (Å²) < 4.78 is 11.0. The third-order valence-corrected chi connectivity index (χ3v) is 4.70. The van der Waals surface area contributed by atoms with Gasteiger partial charge in [-0.3, -0.25) is 4.90 Å². The van der Waals surface area contributed by atoms with E-state index in [1.54, 1.807) is 0 Å². The van der Waals surface area contributed by atoms with Crippen LogP contribution >= 0.6 is 0 Å². The zero-order chi connectivity index (χ0) is 14.0. The van der Waals surface area contributed by atoms with Gasteiger partial charge < -0.3 is 14.5 Å². The topological polar surface area (TPSA) is 37.6 Å². The molecule has 0 bridgehead atoms. The van der Waals surface area contributed by atoms with Crippen molar-refractivity contribution in [1.29, 1.82) is 0 Å². The van der Waals surface area contributed by atoms with Crippen molar-refractivity contribution in [1.82, 2.24) is 10.2 Å². The van der Waals surface area contributed by atoms with Gasteiger partial charge in [-0.05, 0) is 32.8 Å². The van der Waals surface area contributed by atoms with Crippen molar-refractivity contribution in [2.24, 2.45) is 0 Å². The van der Waals surface area contributed by atoms with E-state index in [2.05, 4.69) is 30.1 Å². The first kappa shape index (κ1) is 14.1. The van der Waals surface area contributed by atoms with E-state index < -0.39 is 0 Å². The summed E-state index contributed by atoms with van der Waals surface area (Å²) in [5.74, 6) is 1.18. The largest absolute Gasteiger partial charge is 0.469 e. The van der Waals surface area contributed by atoms with E-state index in [1.165, 1.54) is 24.2 Å². The predicted molar refractivity (Wildman–Crippen MR) is 78.9 cm³/mol. The molecule has 3 rings (SSSR count). The summed E-state index contributed by atoms with van der Waals surface area (Å²) in [6, 6.07) is 2.59. The second-order valence-corrected chi connectivity index (χ2v) is 6.54. The van der Waals surface area contributed by atoms with Crippen LogP contribution in [-0.4, -0.2) is 43.3 Å². The first-order chi connectivity index (χ1) is 9.67. The fourth-order valence-electron chi connectivity index (χ4n) is 3.35. The predicted octanol–water partition coefficient (Wildman–Crippen LogP) is 2.36. The summed E-state index contributed by atoms with van der Waals surface area (Å²) in [6.07, 6.45) is 5.35. The van der Waals surface area contributed by atoms with E-state index in [9.17, 15) is 0 Å². The highest BCUT2D eigenvalue weighted by Gasteiger charge is 2.30. The fraction of sp³-hybridized carbons (Fsp3) is 0.750. The first-order valence-corrected chi connectivity index (χ1v) is 7.79. The Hall–Kier alpha value is -0.840. The second kappa shape index (κ2) is 5.88. The van der Waals surface area contributed by atoms with Crippen LogP contribution in [0.4, 0.5) is 0 Å². The average Bonchev–Trinajstić information content (AvgIpc) is 2.95. The summed E-state index contributed by atoms with van der Waals surface area (Å²) in [5, 5.41) is 3.76. The maximum atomic E-state index is 5.57. The van der Waals surface area contributed by atoms with E-state index in [-0.39, 0.29) is 5.54 Å². The normalized spacial score (nSPS) is 24.6. The molecule has 1 atom stereocenters. The fourth-order valence-corrected chi connectivity index (χ4v) is 3.35. The van der Waals surface area contributed by atoms with E-state index in [1.807, 2.05) is 6.26 Å². The van der Waals surface area contributed by atoms with Crippen LogP contribution < -0.4 is 5.32 Å². The molecule has 0 radical (unpaired) electrons. The van der Waals surface area contributed by atoms with Crippen LogP contribution in [0.2, 0.25) is 0 Å². The molecular formula is C16H26N2O2. The summed E-state index contributed by atoms with van der Waals surface area (Å²) in [5.41, 5.74) is 1.54. The lowest BCUT2D eigenvalue weighted by atomic mass is 9.92. The van der Waals surface area contributed by atoms with Crippen LogP contribution in [0.25, 0.3) is 0 Å². The van der Waals surface area contributed by atoms with Gasteiger partial charge in [0.1, 0.15) is 5.76 Å². The Morgan fingerprint density at radius 2 is 2.15 bits per heavy atom. The van der Waals surface area contributed by atoms with Crippen LogP contribution in [-0.2, 0) is 11.2 Å². The van der Waals surface area contributed by atoms with Crippen LogP contribution in [0.15, 0.2) is 16.7 Å². The van der Waals surface area contributed by atoms with Gasteiger partial charge in [-0.15, -0.1) is 0 Å². The maximum Gasteiger partial charge on any atom is 0.108 e. The number of aryl methyl sites for hydroxylation is 1. The van der Waals surface area contributed by atoms with Crippen LogP contribution in [0.1, 0.15) is 44.1 Å². The Bertz CT molecular complexity index is 435. The molecule has 1 aromatic rings. The molecule has 2 heterocycles. The number of furan rings is 1. The maximum absolute atomic E-state index is 5.57. The van der Waals surface area contributed by atoms with Gasteiger partial charge in [0.25, 0.3) is 0 Å². The van der Waals surface area contributed by atoms with Crippen LogP contribution in [0, 0.1) is 0 Å². The molecular weight excluding hydrogens is 252 g/mol. The lowest BCUT2D eigenvalue weighted by Crippen LogP contribution is -2.55. The third kappa shape index (κ3) is 2.92. The minimum atomic E-state index is 0.172. The Morgan fingerprint density at radius 3 is 2.95 bits per heavy atom. The third-order valence-electron chi connectivity index (χ3n) is 4.70. The molecule has 1 fully saturated rings. The zero-order valence-corrected chi connectivity index (χ0v) is 12.7. The number of hydrogen-bond donors (Lipinski definition) is 1. The molecule has 0 amide bonds. The zero-order valence-electron chi connectivity index (χ0n) is 12.7. The molecule has 0 spiro atoms. The van der Waals surface area contributed by atoms with E-state index in [0.717, 1.165) is 39.3 Å². The highest BCUT2D eigenvalue weighted by atomic mass is 16.5. The van der Waals surface area contributed by atoms with Gasteiger partial charge in [0.05, 0.1) is 19.5 Å². The molecule has 1 aliphatic carbocycles. The van der Waals surface area contributed by atoms with Gasteiger partial charge in [-0.2, -0.15) is 0 Å². The van der Waals surface area contributed by atoms with Gasteiger partial charge in [0.15, 0.2) is 0 Å².